The molecule has 0 saturated heterocycles. The summed E-state index contributed by atoms with van der Waals surface area (Å²) in [4.78, 5) is 11.0. The Morgan fingerprint density at radius 2 is 1.79 bits per heavy atom. The average molecular weight is 265 g/mol. The lowest BCUT2D eigenvalue weighted by molar-refractivity contribution is 0.294. The van der Waals surface area contributed by atoms with E-state index in [4.69, 9.17) is 0 Å². The van der Waals surface area contributed by atoms with Crippen LogP contribution in [0.5, 0.6) is 0 Å². The van der Waals surface area contributed by atoms with Crippen molar-refractivity contribution < 1.29 is 0 Å². The first kappa shape index (κ1) is 15.7. The van der Waals surface area contributed by atoms with Crippen LogP contribution in [0.25, 0.3) is 0 Å². The first-order valence-corrected chi connectivity index (χ1v) is 7.16. The number of nitrogens with zero attached hydrogens (tertiary/aromatic N) is 3. The Labute approximate surface area is 116 Å². The third-order valence-electron chi connectivity index (χ3n) is 3.35. The zero-order valence-electron chi connectivity index (χ0n) is 12.8. The van der Waals surface area contributed by atoms with Crippen LogP contribution in [0, 0.1) is 0 Å². The molecule has 0 aliphatic rings. The fourth-order valence-electron chi connectivity index (χ4n) is 2.24. The van der Waals surface area contributed by atoms with E-state index in [9.17, 15) is 0 Å². The number of hydrogen-bond donors (Lipinski definition) is 2. The van der Waals surface area contributed by atoms with Gasteiger partial charge in [-0.3, -0.25) is 0 Å². The van der Waals surface area contributed by atoms with Crippen LogP contribution in [-0.2, 0) is 6.42 Å². The molecule has 0 spiro atoms. The van der Waals surface area contributed by atoms with Gasteiger partial charge in [-0.1, -0.05) is 20.8 Å². The van der Waals surface area contributed by atoms with Crippen LogP contribution in [0.2, 0.25) is 0 Å². The summed E-state index contributed by atoms with van der Waals surface area (Å²) in [5.41, 5.74) is 1.15. The molecular weight excluding hydrogens is 238 g/mol. The van der Waals surface area contributed by atoms with Gasteiger partial charge in [-0.25, -0.2) is 9.97 Å². The van der Waals surface area contributed by atoms with Crippen molar-refractivity contribution in [3.8, 4) is 0 Å². The second-order valence-corrected chi connectivity index (χ2v) is 4.68. The predicted octanol–water partition coefficient (Wildman–Crippen LogP) is 2.22. The van der Waals surface area contributed by atoms with Gasteiger partial charge in [0.1, 0.15) is 18.0 Å². The molecule has 0 saturated carbocycles. The molecule has 5 nitrogen and oxygen atoms in total. The van der Waals surface area contributed by atoms with Crippen molar-refractivity contribution in [1.29, 1.82) is 0 Å². The molecule has 0 radical (unpaired) electrons. The maximum Gasteiger partial charge on any atom is 0.134 e. The molecule has 1 unspecified atom stereocenters. The Kier molecular flexibility index (Phi) is 6.56. The van der Waals surface area contributed by atoms with E-state index in [1.54, 1.807) is 6.33 Å². The van der Waals surface area contributed by atoms with Crippen LogP contribution in [-0.4, -0.2) is 47.6 Å². The first-order chi connectivity index (χ1) is 9.15. The van der Waals surface area contributed by atoms with E-state index < -0.39 is 0 Å². The lowest BCUT2D eigenvalue weighted by Gasteiger charge is -2.24. The van der Waals surface area contributed by atoms with Crippen molar-refractivity contribution in [3.63, 3.8) is 0 Å². The lowest BCUT2D eigenvalue weighted by atomic mass is 10.2. The highest BCUT2D eigenvalue weighted by Gasteiger charge is 2.12. The first-order valence-electron chi connectivity index (χ1n) is 7.16. The Hall–Kier alpha value is -1.36. The molecule has 19 heavy (non-hydrogen) atoms. The molecule has 0 aromatic carbocycles. The highest BCUT2D eigenvalue weighted by Crippen LogP contribution is 2.20. The summed E-state index contributed by atoms with van der Waals surface area (Å²) < 4.78 is 0. The Balaban J connectivity index is 2.76. The molecule has 1 aromatic rings. The Bertz CT molecular complexity index is 376. The van der Waals surface area contributed by atoms with E-state index >= 15 is 0 Å². The van der Waals surface area contributed by atoms with Gasteiger partial charge in [-0.05, 0) is 26.4 Å². The highest BCUT2D eigenvalue weighted by atomic mass is 15.2. The largest absolute Gasteiger partial charge is 0.373 e. The van der Waals surface area contributed by atoms with Crippen LogP contribution < -0.4 is 10.6 Å². The van der Waals surface area contributed by atoms with Gasteiger partial charge < -0.3 is 15.5 Å². The minimum Gasteiger partial charge on any atom is -0.373 e. The third-order valence-corrected chi connectivity index (χ3v) is 3.35. The van der Waals surface area contributed by atoms with Crippen LogP contribution in [0.3, 0.4) is 0 Å². The maximum absolute atomic E-state index is 4.38. The molecule has 0 amide bonds. The Morgan fingerprint density at radius 1 is 1.16 bits per heavy atom. The molecule has 1 atom stereocenters. The van der Waals surface area contributed by atoms with Gasteiger partial charge in [0.05, 0.1) is 0 Å². The van der Waals surface area contributed by atoms with Crippen molar-refractivity contribution in [2.75, 3.05) is 37.3 Å². The van der Waals surface area contributed by atoms with Crippen molar-refractivity contribution >= 4 is 11.6 Å². The minimum absolute atomic E-state index is 0.366. The summed E-state index contributed by atoms with van der Waals surface area (Å²) >= 11 is 0. The predicted molar refractivity (Wildman–Crippen MR) is 81.8 cm³/mol. The summed E-state index contributed by atoms with van der Waals surface area (Å²) in [5.74, 6) is 1.86. The van der Waals surface area contributed by atoms with E-state index in [2.05, 4.69) is 53.2 Å². The molecule has 0 bridgehead atoms. The maximum atomic E-state index is 4.38. The fourth-order valence-corrected chi connectivity index (χ4v) is 2.24. The quantitative estimate of drug-likeness (QED) is 0.755. The molecular formula is C14H27N5. The van der Waals surface area contributed by atoms with Gasteiger partial charge in [-0.2, -0.15) is 0 Å². The van der Waals surface area contributed by atoms with Crippen LogP contribution in [0.1, 0.15) is 33.3 Å². The smallest absolute Gasteiger partial charge is 0.134 e. The van der Waals surface area contributed by atoms with Crippen molar-refractivity contribution in [3.05, 3.63) is 11.9 Å². The zero-order valence-corrected chi connectivity index (χ0v) is 12.8. The third kappa shape index (κ3) is 4.35. The molecule has 2 N–H and O–H groups in total. The minimum atomic E-state index is 0.366. The Morgan fingerprint density at radius 3 is 2.32 bits per heavy atom. The SMILES string of the molecule is CCc1c(NC)ncnc1NC(C)CN(CC)CC. The van der Waals surface area contributed by atoms with Crippen LogP contribution >= 0.6 is 0 Å². The second kappa shape index (κ2) is 7.94. The number of nitrogens with one attached hydrogen (secondary N) is 2. The summed E-state index contributed by atoms with van der Waals surface area (Å²) in [6.45, 7) is 11.9. The molecule has 1 heterocycles. The van der Waals surface area contributed by atoms with E-state index in [1.807, 2.05) is 7.05 Å². The normalized spacial score (nSPS) is 12.5. The molecule has 1 aromatic heterocycles. The van der Waals surface area contributed by atoms with Crippen LogP contribution in [0.15, 0.2) is 6.33 Å². The molecule has 0 aliphatic heterocycles. The van der Waals surface area contributed by atoms with Crippen molar-refractivity contribution in [1.82, 2.24) is 14.9 Å². The van der Waals surface area contributed by atoms with Crippen LogP contribution in [0.4, 0.5) is 11.6 Å². The topological polar surface area (TPSA) is 53.1 Å². The lowest BCUT2D eigenvalue weighted by Crippen LogP contribution is -2.35. The van der Waals surface area contributed by atoms with E-state index in [-0.39, 0.29) is 0 Å². The average Bonchev–Trinajstić information content (AvgIpc) is 2.44. The van der Waals surface area contributed by atoms with Gasteiger partial charge in [0.25, 0.3) is 0 Å². The van der Waals surface area contributed by atoms with Gasteiger partial charge in [0.15, 0.2) is 0 Å². The van der Waals surface area contributed by atoms with Gasteiger partial charge in [0.2, 0.25) is 0 Å². The summed E-state index contributed by atoms with van der Waals surface area (Å²) in [5, 5.41) is 6.62. The number of hydrogen-bond acceptors (Lipinski definition) is 5. The van der Waals surface area contributed by atoms with Crippen molar-refractivity contribution in [2.45, 2.75) is 40.2 Å². The van der Waals surface area contributed by atoms with E-state index in [1.165, 1.54) is 0 Å². The summed E-state index contributed by atoms with van der Waals surface area (Å²) in [7, 11) is 1.89. The van der Waals surface area contributed by atoms with Gasteiger partial charge >= 0.3 is 0 Å². The molecule has 108 valence electrons. The number of aromatic nitrogens is 2. The van der Waals surface area contributed by atoms with E-state index in [0.29, 0.717) is 6.04 Å². The zero-order chi connectivity index (χ0) is 14.3. The summed E-state index contributed by atoms with van der Waals surface area (Å²) in [6, 6.07) is 0.366. The second-order valence-electron chi connectivity index (χ2n) is 4.68. The van der Waals surface area contributed by atoms with Gasteiger partial charge in [0, 0.05) is 25.2 Å². The fraction of sp³-hybridized carbons (Fsp3) is 0.714. The number of anilines is 2. The molecule has 0 fully saturated rings. The monoisotopic (exact) mass is 265 g/mol. The van der Waals surface area contributed by atoms with Gasteiger partial charge in [-0.15, -0.1) is 0 Å². The summed E-state index contributed by atoms with van der Waals surface area (Å²) in [6.07, 6.45) is 2.52. The number of likely N-dealkylation sites (N-methyl/N-ethyl adjacent to an activating group) is 1. The number of rotatable bonds is 8. The molecule has 5 heteroatoms. The standard InChI is InChI=1S/C14H27N5/c1-6-12-13(15-5)16-10-17-14(12)18-11(4)9-19(7-2)8-3/h10-11H,6-9H2,1-5H3,(H2,15,16,17,18). The molecule has 0 aliphatic carbocycles. The van der Waals surface area contributed by atoms with E-state index in [0.717, 1.165) is 43.3 Å². The molecule has 1 rings (SSSR count). The highest BCUT2D eigenvalue weighted by molar-refractivity contribution is 5.57. The van der Waals surface area contributed by atoms with Crippen molar-refractivity contribution in [2.24, 2.45) is 0 Å².